The first-order chi connectivity index (χ1) is 13.3. The normalized spacial score (nSPS) is 10.7. The van der Waals surface area contributed by atoms with Crippen LogP contribution in [-0.4, -0.2) is 20.3 Å². The highest BCUT2D eigenvalue weighted by molar-refractivity contribution is 5.46. The maximum atomic E-state index is 6.12. The van der Waals surface area contributed by atoms with Gasteiger partial charge in [0, 0.05) is 18.5 Å². The summed E-state index contributed by atoms with van der Waals surface area (Å²) in [5.41, 5.74) is 2.45. The van der Waals surface area contributed by atoms with E-state index in [9.17, 15) is 0 Å². The Labute approximate surface area is 165 Å². The molecule has 0 aromatic heterocycles. The third kappa shape index (κ3) is 8.04. The molecule has 1 N–H and O–H groups in total. The van der Waals surface area contributed by atoms with Crippen molar-refractivity contribution in [3.8, 4) is 11.5 Å². The van der Waals surface area contributed by atoms with Gasteiger partial charge in [0.05, 0.1) is 13.7 Å². The Morgan fingerprint density at radius 2 is 1.63 bits per heavy atom. The summed E-state index contributed by atoms with van der Waals surface area (Å²) in [4.78, 5) is 0. The van der Waals surface area contributed by atoms with E-state index in [1.54, 1.807) is 7.11 Å². The van der Waals surface area contributed by atoms with Gasteiger partial charge < -0.3 is 14.8 Å². The predicted molar refractivity (Wildman–Crippen MR) is 114 cm³/mol. The lowest BCUT2D eigenvalue weighted by molar-refractivity contribution is 0.293. The van der Waals surface area contributed by atoms with Crippen LogP contribution >= 0.6 is 0 Å². The minimum absolute atomic E-state index is 0.648. The molecule has 0 aliphatic rings. The topological polar surface area (TPSA) is 30.5 Å². The Kier molecular flexibility index (Phi) is 10.4. The van der Waals surface area contributed by atoms with Crippen LogP contribution in [0.15, 0.2) is 48.5 Å². The highest BCUT2D eigenvalue weighted by atomic mass is 16.5. The van der Waals surface area contributed by atoms with E-state index in [-0.39, 0.29) is 0 Å². The fraction of sp³-hybridized carbons (Fsp3) is 0.500. The minimum atomic E-state index is 0.648. The highest BCUT2D eigenvalue weighted by Crippen LogP contribution is 2.31. The molecule has 2 aromatic carbocycles. The van der Waals surface area contributed by atoms with E-state index in [0.717, 1.165) is 36.6 Å². The molecule has 0 bridgehead atoms. The van der Waals surface area contributed by atoms with Gasteiger partial charge >= 0.3 is 0 Å². The van der Waals surface area contributed by atoms with E-state index in [0.29, 0.717) is 6.61 Å². The lowest BCUT2D eigenvalue weighted by atomic mass is 10.1. The molecule has 148 valence electrons. The van der Waals surface area contributed by atoms with Crippen molar-refractivity contribution in [1.82, 2.24) is 5.32 Å². The molecular formula is C24H35NO2. The van der Waals surface area contributed by atoms with Gasteiger partial charge in [0.25, 0.3) is 0 Å². The second-order valence-corrected chi connectivity index (χ2v) is 6.98. The molecule has 0 saturated carbocycles. The average Bonchev–Trinajstić information content (AvgIpc) is 2.71. The predicted octanol–water partition coefficient (Wildman–Crippen LogP) is 5.77. The molecule has 0 spiro atoms. The molecule has 2 aromatic rings. The smallest absolute Gasteiger partial charge is 0.165 e. The Hall–Kier alpha value is -2.00. The second kappa shape index (κ2) is 13.2. The Balaban J connectivity index is 1.79. The fourth-order valence-electron chi connectivity index (χ4n) is 3.19. The molecule has 0 atom stereocenters. The summed E-state index contributed by atoms with van der Waals surface area (Å²) in [6.45, 7) is 4.77. The summed E-state index contributed by atoms with van der Waals surface area (Å²) >= 11 is 0. The number of para-hydroxylation sites is 1. The van der Waals surface area contributed by atoms with E-state index in [1.807, 2.05) is 18.2 Å². The summed E-state index contributed by atoms with van der Waals surface area (Å²) in [7, 11) is 1.70. The first kappa shape index (κ1) is 21.3. The van der Waals surface area contributed by atoms with Crippen LogP contribution in [-0.2, 0) is 13.0 Å². The zero-order valence-corrected chi connectivity index (χ0v) is 17.0. The summed E-state index contributed by atoms with van der Waals surface area (Å²) in [5.74, 6) is 1.67. The number of nitrogens with one attached hydrogen (secondary N) is 1. The van der Waals surface area contributed by atoms with E-state index < -0.39 is 0 Å². The number of hydrogen-bond donors (Lipinski definition) is 1. The van der Waals surface area contributed by atoms with Gasteiger partial charge in [-0.15, -0.1) is 0 Å². The Morgan fingerprint density at radius 3 is 2.41 bits per heavy atom. The van der Waals surface area contributed by atoms with Crippen molar-refractivity contribution in [2.45, 2.75) is 58.4 Å². The van der Waals surface area contributed by atoms with Crippen LogP contribution in [0.3, 0.4) is 0 Å². The van der Waals surface area contributed by atoms with Gasteiger partial charge in [-0.3, -0.25) is 0 Å². The van der Waals surface area contributed by atoms with Gasteiger partial charge in [-0.25, -0.2) is 0 Å². The lowest BCUT2D eigenvalue weighted by Gasteiger charge is -2.16. The molecule has 0 aliphatic heterocycles. The molecule has 2 rings (SSSR count). The van der Waals surface area contributed by atoms with Crippen molar-refractivity contribution in [1.29, 1.82) is 0 Å². The van der Waals surface area contributed by atoms with E-state index in [2.05, 4.69) is 42.6 Å². The van der Waals surface area contributed by atoms with Crippen LogP contribution in [0, 0.1) is 0 Å². The van der Waals surface area contributed by atoms with Crippen molar-refractivity contribution in [2.75, 3.05) is 20.3 Å². The number of benzene rings is 2. The SMILES string of the molecule is CCCCCCCCNCc1cccc(OC)c1OCCc1ccccc1. The summed E-state index contributed by atoms with van der Waals surface area (Å²) < 4.78 is 11.6. The first-order valence-corrected chi connectivity index (χ1v) is 10.4. The van der Waals surface area contributed by atoms with E-state index >= 15 is 0 Å². The van der Waals surface area contributed by atoms with Crippen molar-refractivity contribution in [2.24, 2.45) is 0 Å². The molecule has 0 fully saturated rings. The van der Waals surface area contributed by atoms with Crippen LogP contribution < -0.4 is 14.8 Å². The molecule has 0 saturated heterocycles. The molecule has 0 heterocycles. The van der Waals surface area contributed by atoms with Crippen LogP contribution in [0.1, 0.15) is 56.6 Å². The molecule has 3 nitrogen and oxygen atoms in total. The van der Waals surface area contributed by atoms with Crippen LogP contribution in [0.2, 0.25) is 0 Å². The minimum Gasteiger partial charge on any atom is -0.493 e. The maximum absolute atomic E-state index is 6.12. The average molecular weight is 370 g/mol. The first-order valence-electron chi connectivity index (χ1n) is 10.4. The summed E-state index contributed by atoms with van der Waals surface area (Å²) in [6, 6.07) is 16.6. The zero-order chi connectivity index (χ0) is 19.2. The largest absolute Gasteiger partial charge is 0.493 e. The number of methoxy groups -OCH3 is 1. The molecule has 3 heteroatoms. The number of rotatable bonds is 14. The summed E-state index contributed by atoms with van der Waals surface area (Å²) in [5, 5.41) is 3.56. The van der Waals surface area contributed by atoms with Gasteiger partial charge in [-0.05, 0) is 24.6 Å². The van der Waals surface area contributed by atoms with Crippen molar-refractivity contribution in [3.05, 3.63) is 59.7 Å². The number of hydrogen-bond acceptors (Lipinski definition) is 3. The standard InChI is InChI=1S/C24H35NO2/c1-3-4-5-6-7-11-18-25-20-22-15-12-16-23(26-2)24(22)27-19-17-21-13-9-8-10-14-21/h8-10,12-16,25H,3-7,11,17-20H2,1-2H3. The lowest BCUT2D eigenvalue weighted by Crippen LogP contribution is -2.16. The molecule has 0 amide bonds. The fourth-order valence-corrected chi connectivity index (χ4v) is 3.19. The molecule has 0 unspecified atom stereocenters. The molecule has 0 radical (unpaired) electrons. The van der Waals surface area contributed by atoms with Crippen LogP contribution in [0.5, 0.6) is 11.5 Å². The summed E-state index contributed by atoms with van der Waals surface area (Å²) in [6.07, 6.45) is 8.82. The van der Waals surface area contributed by atoms with E-state index in [1.165, 1.54) is 44.1 Å². The van der Waals surface area contributed by atoms with Crippen LogP contribution in [0.4, 0.5) is 0 Å². The third-order valence-corrected chi connectivity index (χ3v) is 4.78. The quantitative estimate of drug-likeness (QED) is 0.429. The molecule has 27 heavy (non-hydrogen) atoms. The molecular weight excluding hydrogens is 334 g/mol. The van der Waals surface area contributed by atoms with Crippen LogP contribution in [0.25, 0.3) is 0 Å². The maximum Gasteiger partial charge on any atom is 0.165 e. The monoisotopic (exact) mass is 369 g/mol. The molecule has 0 aliphatic carbocycles. The van der Waals surface area contributed by atoms with Crippen molar-refractivity contribution < 1.29 is 9.47 Å². The van der Waals surface area contributed by atoms with E-state index in [4.69, 9.17) is 9.47 Å². The zero-order valence-electron chi connectivity index (χ0n) is 17.0. The number of unbranched alkanes of at least 4 members (excludes halogenated alkanes) is 5. The highest BCUT2D eigenvalue weighted by Gasteiger charge is 2.10. The Bertz CT molecular complexity index is 628. The van der Waals surface area contributed by atoms with Gasteiger partial charge in [-0.1, -0.05) is 81.5 Å². The third-order valence-electron chi connectivity index (χ3n) is 4.78. The van der Waals surface area contributed by atoms with Gasteiger partial charge in [-0.2, -0.15) is 0 Å². The van der Waals surface area contributed by atoms with Crippen molar-refractivity contribution in [3.63, 3.8) is 0 Å². The van der Waals surface area contributed by atoms with Crippen molar-refractivity contribution >= 4 is 0 Å². The van der Waals surface area contributed by atoms with Gasteiger partial charge in [0.2, 0.25) is 0 Å². The van der Waals surface area contributed by atoms with Gasteiger partial charge in [0.15, 0.2) is 11.5 Å². The Morgan fingerprint density at radius 1 is 0.852 bits per heavy atom. The number of ether oxygens (including phenoxy) is 2. The van der Waals surface area contributed by atoms with Gasteiger partial charge in [0.1, 0.15) is 0 Å². The second-order valence-electron chi connectivity index (χ2n) is 6.98.